The number of thioether (sulfide) groups is 1. The third-order valence-electron chi connectivity index (χ3n) is 3.87. The lowest BCUT2D eigenvalue weighted by Gasteiger charge is -2.08. The number of aromatic nitrogens is 2. The summed E-state index contributed by atoms with van der Waals surface area (Å²) in [5, 5.41) is 0.726. The minimum Gasteiger partial charge on any atom is -0.318 e. The molecule has 23 heavy (non-hydrogen) atoms. The highest BCUT2D eigenvalue weighted by Crippen LogP contribution is 2.32. The van der Waals surface area contributed by atoms with Gasteiger partial charge in [0.2, 0.25) is 0 Å². The van der Waals surface area contributed by atoms with Crippen LogP contribution in [0.1, 0.15) is 17.0 Å². The van der Waals surface area contributed by atoms with E-state index >= 15 is 0 Å². The van der Waals surface area contributed by atoms with Crippen LogP contribution in [0, 0.1) is 13.8 Å². The Hall–Kier alpha value is -2.34. The van der Waals surface area contributed by atoms with Crippen molar-refractivity contribution in [3.8, 4) is 5.69 Å². The van der Waals surface area contributed by atoms with Gasteiger partial charge in [-0.15, -0.1) is 0 Å². The van der Waals surface area contributed by atoms with E-state index in [0.717, 1.165) is 27.8 Å². The summed E-state index contributed by atoms with van der Waals surface area (Å²) in [5.41, 5.74) is 4.33. The standard InChI is InChI=1S/C17H18N4OS/c1-11-9-13(10-15-16(22)20(4)17(18-3)23-15)12(2)21(11)14-5-7-19-8-6-14/h5-10H,1-4H3/b15-10+,18-17?. The molecule has 0 radical (unpaired) electrons. The maximum Gasteiger partial charge on any atom is 0.266 e. The summed E-state index contributed by atoms with van der Waals surface area (Å²) < 4.78 is 2.16. The van der Waals surface area contributed by atoms with E-state index in [1.807, 2.05) is 18.2 Å². The zero-order chi connectivity index (χ0) is 16.6. The van der Waals surface area contributed by atoms with E-state index < -0.39 is 0 Å². The summed E-state index contributed by atoms with van der Waals surface area (Å²) in [5.74, 6) is -0.00989. The van der Waals surface area contributed by atoms with Gasteiger partial charge >= 0.3 is 0 Å². The molecule has 0 saturated carbocycles. The van der Waals surface area contributed by atoms with Gasteiger partial charge in [0.25, 0.3) is 5.91 Å². The van der Waals surface area contributed by atoms with E-state index in [9.17, 15) is 4.79 Å². The zero-order valence-corrected chi connectivity index (χ0v) is 14.4. The molecule has 1 aliphatic rings. The highest BCUT2D eigenvalue weighted by molar-refractivity contribution is 8.18. The second kappa shape index (κ2) is 6.04. The van der Waals surface area contributed by atoms with Crippen LogP contribution in [0.5, 0.6) is 0 Å². The van der Waals surface area contributed by atoms with Crippen LogP contribution in [0.2, 0.25) is 0 Å². The summed E-state index contributed by atoms with van der Waals surface area (Å²) in [6.07, 6.45) is 5.50. The predicted molar refractivity (Wildman–Crippen MR) is 94.7 cm³/mol. The van der Waals surface area contributed by atoms with E-state index in [4.69, 9.17) is 0 Å². The minimum atomic E-state index is -0.00989. The van der Waals surface area contributed by atoms with Crippen LogP contribution in [0.4, 0.5) is 0 Å². The number of rotatable bonds is 2. The number of amidine groups is 1. The predicted octanol–water partition coefficient (Wildman–Crippen LogP) is 3.02. The lowest BCUT2D eigenvalue weighted by molar-refractivity contribution is -0.121. The lowest BCUT2D eigenvalue weighted by Crippen LogP contribution is -2.23. The molecule has 0 atom stereocenters. The van der Waals surface area contributed by atoms with Crippen molar-refractivity contribution in [2.75, 3.05) is 14.1 Å². The molecular formula is C17H18N4OS. The van der Waals surface area contributed by atoms with Crippen LogP contribution < -0.4 is 0 Å². The second-order valence-electron chi connectivity index (χ2n) is 5.35. The highest BCUT2D eigenvalue weighted by atomic mass is 32.2. The molecule has 0 aliphatic carbocycles. The average Bonchev–Trinajstić information content (AvgIpc) is 2.99. The number of aliphatic imine (C=N–C) groups is 1. The fourth-order valence-electron chi connectivity index (χ4n) is 2.71. The fraction of sp³-hybridized carbons (Fsp3) is 0.235. The van der Waals surface area contributed by atoms with Gasteiger partial charge in [0, 0.05) is 43.6 Å². The first-order chi connectivity index (χ1) is 11.0. The van der Waals surface area contributed by atoms with Gasteiger partial charge in [-0.05, 0) is 55.4 Å². The maximum absolute atomic E-state index is 12.3. The molecule has 2 aromatic heterocycles. The number of likely N-dealkylation sites (N-methyl/N-ethyl adjacent to an activating group) is 1. The topological polar surface area (TPSA) is 50.5 Å². The summed E-state index contributed by atoms with van der Waals surface area (Å²) in [6, 6.07) is 6.04. The number of amides is 1. The van der Waals surface area contributed by atoms with Gasteiger partial charge < -0.3 is 4.57 Å². The van der Waals surface area contributed by atoms with Gasteiger partial charge in [0.05, 0.1) is 4.91 Å². The monoisotopic (exact) mass is 326 g/mol. The number of carbonyl (C=O) groups excluding carboxylic acids is 1. The molecule has 0 aromatic carbocycles. The Kier molecular flexibility index (Phi) is 4.09. The number of hydrogen-bond acceptors (Lipinski definition) is 4. The molecule has 1 saturated heterocycles. The summed E-state index contributed by atoms with van der Waals surface area (Å²) in [6.45, 7) is 4.12. The van der Waals surface area contributed by atoms with Crippen LogP contribution >= 0.6 is 11.8 Å². The fourth-order valence-corrected chi connectivity index (χ4v) is 3.63. The minimum absolute atomic E-state index is 0.00989. The smallest absolute Gasteiger partial charge is 0.266 e. The van der Waals surface area contributed by atoms with Gasteiger partial charge in [-0.3, -0.25) is 19.7 Å². The Morgan fingerprint density at radius 1 is 1.26 bits per heavy atom. The molecule has 6 heteroatoms. The normalized spacial score (nSPS) is 18.4. The Morgan fingerprint density at radius 3 is 2.57 bits per heavy atom. The highest BCUT2D eigenvalue weighted by Gasteiger charge is 2.30. The van der Waals surface area contributed by atoms with Gasteiger partial charge in [-0.25, -0.2) is 0 Å². The number of pyridine rings is 1. The van der Waals surface area contributed by atoms with Gasteiger partial charge in [0.1, 0.15) is 0 Å². The largest absolute Gasteiger partial charge is 0.318 e. The van der Waals surface area contributed by atoms with E-state index in [0.29, 0.717) is 4.91 Å². The number of aryl methyl sites for hydroxylation is 1. The van der Waals surface area contributed by atoms with Crippen molar-refractivity contribution in [3.63, 3.8) is 0 Å². The first kappa shape index (κ1) is 15.6. The first-order valence-corrected chi connectivity index (χ1v) is 8.08. The van der Waals surface area contributed by atoms with Crippen molar-refractivity contribution in [1.29, 1.82) is 0 Å². The lowest BCUT2D eigenvalue weighted by atomic mass is 10.2. The molecule has 0 spiro atoms. The zero-order valence-electron chi connectivity index (χ0n) is 13.6. The Bertz CT molecular complexity index is 821. The van der Waals surface area contributed by atoms with Crippen molar-refractivity contribution in [3.05, 3.63) is 52.4 Å². The molecule has 2 aromatic rings. The first-order valence-electron chi connectivity index (χ1n) is 7.26. The Morgan fingerprint density at radius 2 is 1.96 bits per heavy atom. The number of hydrogen-bond donors (Lipinski definition) is 0. The third-order valence-corrected chi connectivity index (χ3v) is 5.02. The van der Waals surface area contributed by atoms with Crippen molar-refractivity contribution in [2.24, 2.45) is 4.99 Å². The SMILES string of the molecule is CN=C1S/C(=C/c2cc(C)n(-c3ccncc3)c2C)C(=O)N1C. The molecule has 3 heterocycles. The van der Waals surface area contributed by atoms with Crippen LogP contribution in [0.25, 0.3) is 11.8 Å². The molecule has 0 bridgehead atoms. The molecule has 1 aliphatic heterocycles. The van der Waals surface area contributed by atoms with E-state index in [1.165, 1.54) is 11.8 Å². The molecule has 3 rings (SSSR count). The third kappa shape index (κ3) is 2.70. The van der Waals surface area contributed by atoms with Gasteiger partial charge in [0.15, 0.2) is 5.17 Å². The van der Waals surface area contributed by atoms with Crippen molar-refractivity contribution < 1.29 is 4.79 Å². The molecule has 5 nitrogen and oxygen atoms in total. The van der Waals surface area contributed by atoms with Crippen LogP contribution in [0.3, 0.4) is 0 Å². The Balaban J connectivity index is 2.03. The summed E-state index contributed by atoms with van der Waals surface area (Å²) in [4.78, 5) is 22.8. The number of nitrogens with zero attached hydrogens (tertiary/aromatic N) is 4. The van der Waals surface area contributed by atoms with E-state index in [2.05, 4.69) is 34.5 Å². The van der Waals surface area contributed by atoms with Crippen LogP contribution in [-0.2, 0) is 4.79 Å². The second-order valence-corrected chi connectivity index (χ2v) is 6.36. The van der Waals surface area contributed by atoms with Gasteiger partial charge in [-0.2, -0.15) is 0 Å². The van der Waals surface area contributed by atoms with Gasteiger partial charge in [-0.1, -0.05) is 0 Å². The quantitative estimate of drug-likeness (QED) is 0.797. The van der Waals surface area contributed by atoms with Crippen LogP contribution in [-0.4, -0.2) is 39.6 Å². The summed E-state index contributed by atoms with van der Waals surface area (Å²) >= 11 is 1.41. The molecule has 1 fully saturated rings. The molecule has 118 valence electrons. The molecule has 1 amide bonds. The molecular weight excluding hydrogens is 308 g/mol. The summed E-state index contributed by atoms with van der Waals surface area (Å²) in [7, 11) is 3.45. The van der Waals surface area contributed by atoms with E-state index in [1.54, 1.807) is 31.4 Å². The Labute approximate surface area is 139 Å². The van der Waals surface area contributed by atoms with Crippen molar-refractivity contribution in [1.82, 2.24) is 14.5 Å². The number of carbonyl (C=O) groups is 1. The molecule has 0 unspecified atom stereocenters. The average molecular weight is 326 g/mol. The molecule has 0 N–H and O–H groups in total. The van der Waals surface area contributed by atoms with Crippen molar-refractivity contribution >= 4 is 28.9 Å². The van der Waals surface area contributed by atoms with Crippen LogP contribution in [0.15, 0.2) is 40.5 Å². The van der Waals surface area contributed by atoms with E-state index in [-0.39, 0.29) is 5.91 Å². The maximum atomic E-state index is 12.3. The van der Waals surface area contributed by atoms with Crippen molar-refractivity contribution in [2.45, 2.75) is 13.8 Å².